The second kappa shape index (κ2) is 8.03. The van der Waals surface area contributed by atoms with E-state index in [2.05, 4.69) is 52.4 Å². The predicted octanol–water partition coefficient (Wildman–Crippen LogP) is 4.10. The molecule has 0 atom stereocenters. The summed E-state index contributed by atoms with van der Waals surface area (Å²) >= 11 is 3.54. The molecule has 106 valence electrons. The zero-order chi connectivity index (χ0) is 13.5. The van der Waals surface area contributed by atoms with E-state index < -0.39 is 0 Å². The minimum Gasteiger partial charge on any atom is -0.380 e. The van der Waals surface area contributed by atoms with Crippen molar-refractivity contribution < 1.29 is 4.74 Å². The highest BCUT2D eigenvalue weighted by Crippen LogP contribution is 2.37. The first kappa shape index (κ1) is 15.0. The van der Waals surface area contributed by atoms with E-state index in [-0.39, 0.29) is 0 Å². The van der Waals surface area contributed by atoms with Crippen LogP contribution in [0.2, 0.25) is 0 Å². The Hall–Kier alpha value is -0.380. The van der Waals surface area contributed by atoms with Crippen LogP contribution in [0.5, 0.6) is 0 Å². The highest BCUT2D eigenvalue weighted by molar-refractivity contribution is 9.10. The van der Waals surface area contributed by atoms with Gasteiger partial charge in [0.15, 0.2) is 0 Å². The average Bonchev–Trinajstić information content (AvgIpc) is 2.35. The molecule has 2 nitrogen and oxygen atoms in total. The van der Waals surface area contributed by atoms with Gasteiger partial charge in [-0.2, -0.15) is 0 Å². The van der Waals surface area contributed by atoms with Crippen LogP contribution in [0.3, 0.4) is 0 Å². The van der Waals surface area contributed by atoms with Gasteiger partial charge >= 0.3 is 0 Å². The van der Waals surface area contributed by atoms with Crippen molar-refractivity contribution in [2.45, 2.75) is 44.6 Å². The number of rotatable bonds is 8. The van der Waals surface area contributed by atoms with Crippen LogP contribution in [0.4, 0.5) is 0 Å². The van der Waals surface area contributed by atoms with Crippen molar-refractivity contribution in [3.63, 3.8) is 0 Å². The maximum atomic E-state index is 5.55. The first-order valence-corrected chi connectivity index (χ1v) is 8.15. The fraction of sp³-hybridized carbons (Fsp3) is 0.625. The Kier molecular flexibility index (Phi) is 6.35. The summed E-state index contributed by atoms with van der Waals surface area (Å²) in [6, 6.07) is 9.38. The van der Waals surface area contributed by atoms with Gasteiger partial charge in [0, 0.05) is 23.7 Å². The summed E-state index contributed by atoms with van der Waals surface area (Å²) in [5.41, 5.74) is 1.46. The number of nitrogens with one attached hydrogen (secondary N) is 1. The van der Waals surface area contributed by atoms with Gasteiger partial charge in [-0.15, -0.1) is 0 Å². The molecule has 0 unspecified atom stereocenters. The molecule has 1 saturated carbocycles. The lowest BCUT2D eigenvalue weighted by Crippen LogP contribution is -2.41. The number of unbranched alkanes of at least 4 members (excludes halogenated alkanes) is 1. The van der Waals surface area contributed by atoms with Crippen molar-refractivity contribution >= 4 is 15.9 Å². The van der Waals surface area contributed by atoms with Crippen molar-refractivity contribution in [3.8, 4) is 0 Å². The maximum Gasteiger partial charge on any atom is 0.0591 e. The van der Waals surface area contributed by atoms with Crippen molar-refractivity contribution in [1.29, 1.82) is 0 Å². The monoisotopic (exact) mass is 325 g/mol. The molecular formula is C16H24BrNO. The molecular weight excluding hydrogens is 302 g/mol. The van der Waals surface area contributed by atoms with Gasteiger partial charge in [0.1, 0.15) is 0 Å². The minimum atomic E-state index is 0.679. The maximum absolute atomic E-state index is 5.55. The molecule has 2 rings (SSSR count). The van der Waals surface area contributed by atoms with E-state index >= 15 is 0 Å². The lowest BCUT2D eigenvalue weighted by molar-refractivity contribution is 0.126. The first-order valence-electron chi connectivity index (χ1n) is 7.36. The summed E-state index contributed by atoms with van der Waals surface area (Å²) in [4.78, 5) is 0. The standard InChI is InChI=1S/C16H24BrNO/c1-2-3-8-19-9-7-18-16-11-14(12-16)13-5-4-6-15(17)10-13/h4-6,10,14,16,18H,2-3,7-9,11-12H2,1H3. The van der Waals surface area contributed by atoms with E-state index in [4.69, 9.17) is 4.74 Å². The second-order valence-electron chi connectivity index (χ2n) is 5.34. The molecule has 1 N–H and O–H groups in total. The molecule has 0 amide bonds. The lowest BCUT2D eigenvalue weighted by Gasteiger charge is -2.36. The Balaban J connectivity index is 1.56. The summed E-state index contributed by atoms with van der Waals surface area (Å²) in [7, 11) is 0. The van der Waals surface area contributed by atoms with Crippen LogP contribution in [0.1, 0.15) is 44.1 Å². The second-order valence-corrected chi connectivity index (χ2v) is 6.26. The third kappa shape index (κ3) is 4.90. The van der Waals surface area contributed by atoms with Gasteiger partial charge in [0.05, 0.1) is 6.61 Å². The van der Waals surface area contributed by atoms with E-state index in [0.29, 0.717) is 6.04 Å². The zero-order valence-electron chi connectivity index (χ0n) is 11.7. The number of hydrogen-bond donors (Lipinski definition) is 1. The zero-order valence-corrected chi connectivity index (χ0v) is 13.3. The molecule has 1 aliphatic rings. The Morgan fingerprint density at radius 3 is 2.89 bits per heavy atom. The molecule has 1 aromatic carbocycles. The summed E-state index contributed by atoms with van der Waals surface area (Å²) in [5, 5.41) is 3.57. The van der Waals surface area contributed by atoms with Gasteiger partial charge in [0.2, 0.25) is 0 Å². The Morgan fingerprint density at radius 1 is 1.32 bits per heavy atom. The van der Waals surface area contributed by atoms with Crippen LogP contribution in [-0.4, -0.2) is 25.8 Å². The van der Waals surface area contributed by atoms with Gasteiger partial charge in [-0.1, -0.05) is 41.4 Å². The van der Waals surface area contributed by atoms with Crippen LogP contribution in [0, 0.1) is 0 Å². The molecule has 0 saturated heterocycles. The molecule has 1 aromatic rings. The first-order chi connectivity index (χ1) is 9.29. The Bertz CT molecular complexity index is 377. The molecule has 1 fully saturated rings. The third-order valence-corrected chi connectivity index (χ3v) is 4.27. The third-order valence-electron chi connectivity index (χ3n) is 3.78. The van der Waals surface area contributed by atoms with Crippen LogP contribution < -0.4 is 5.32 Å². The summed E-state index contributed by atoms with van der Waals surface area (Å²) in [6.07, 6.45) is 4.90. The van der Waals surface area contributed by atoms with Gasteiger partial charge in [0.25, 0.3) is 0 Å². The van der Waals surface area contributed by atoms with Crippen LogP contribution in [0.25, 0.3) is 0 Å². The average molecular weight is 326 g/mol. The van der Waals surface area contributed by atoms with E-state index in [1.54, 1.807) is 0 Å². The summed E-state index contributed by atoms with van der Waals surface area (Å²) in [6.45, 7) is 4.93. The van der Waals surface area contributed by atoms with Gasteiger partial charge in [-0.25, -0.2) is 0 Å². The number of ether oxygens (including phenoxy) is 1. The van der Waals surface area contributed by atoms with E-state index in [1.165, 1.54) is 35.7 Å². The van der Waals surface area contributed by atoms with Crippen molar-refractivity contribution in [2.75, 3.05) is 19.8 Å². The molecule has 0 spiro atoms. The van der Waals surface area contributed by atoms with Gasteiger partial charge in [-0.3, -0.25) is 0 Å². The lowest BCUT2D eigenvalue weighted by atomic mass is 9.76. The van der Waals surface area contributed by atoms with E-state index in [0.717, 1.165) is 25.7 Å². The van der Waals surface area contributed by atoms with Crippen molar-refractivity contribution in [1.82, 2.24) is 5.32 Å². The molecule has 0 aliphatic heterocycles. The molecule has 19 heavy (non-hydrogen) atoms. The van der Waals surface area contributed by atoms with E-state index in [9.17, 15) is 0 Å². The van der Waals surface area contributed by atoms with Gasteiger partial charge in [-0.05, 0) is 42.9 Å². The number of benzene rings is 1. The minimum absolute atomic E-state index is 0.679. The Morgan fingerprint density at radius 2 is 2.16 bits per heavy atom. The SMILES string of the molecule is CCCCOCCNC1CC(c2cccc(Br)c2)C1. The highest BCUT2D eigenvalue weighted by atomic mass is 79.9. The number of hydrogen-bond acceptors (Lipinski definition) is 2. The number of halogens is 1. The molecule has 0 bridgehead atoms. The topological polar surface area (TPSA) is 21.3 Å². The van der Waals surface area contributed by atoms with Gasteiger partial charge < -0.3 is 10.1 Å². The molecule has 0 heterocycles. The summed E-state index contributed by atoms with van der Waals surface area (Å²) in [5.74, 6) is 0.732. The predicted molar refractivity (Wildman–Crippen MR) is 83.6 cm³/mol. The molecule has 3 heteroatoms. The Labute approximate surface area is 125 Å². The fourth-order valence-electron chi connectivity index (χ4n) is 2.50. The van der Waals surface area contributed by atoms with E-state index in [1.807, 2.05) is 0 Å². The van der Waals surface area contributed by atoms with Crippen molar-refractivity contribution in [2.24, 2.45) is 0 Å². The largest absolute Gasteiger partial charge is 0.380 e. The van der Waals surface area contributed by atoms with Crippen LogP contribution >= 0.6 is 15.9 Å². The van der Waals surface area contributed by atoms with Crippen LogP contribution in [-0.2, 0) is 4.74 Å². The van der Waals surface area contributed by atoms with Crippen molar-refractivity contribution in [3.05, 3.63) is 34.3 Å². The normalized spacial score (nSPS) is 22.2. The molecule has 1 aliphatic carbocycles. The van der Waals surface area contributed by atoms with Crippen LogP contribution in [0.15, 0.2) is 28.7 Å². The summed E-state index contributed by atoms with van der Waals surface area (Å²) < 4.78 is 6.74. The molecule has 0 aromatic heterocycles. The molecule has 0 radical (unpaired) electrons. The smallest absolute Gasteiger partial charge is 0.0591 e. The highest BCUT2D eigenvalue weighted by Gasteiger charge is 2.29. The quantitative estimate of drug-likeness (QED) is 0.726. The fourth-order valence-corrected chi connectivity index (χ4v) is 2.92.